The molecule has 0 radical (unpaired) electrons. The van der Waals surface area contributed by atoms with E-state index in [-0.39, 0.29) is 18.4 Å². The zero-order chi connectivity index (χ0) is 23.8. The van der Waals surface area contributed by atoms with Gasteiger partial charge in [-0.1, -0.05) is 42.5 Å². The van der Waals surface area contributed by atoms with Gasteiger partial charge in [-0.25, -0.2) is 4.79 Å². The van der Waals surface area contributed by atoms with Crippen molar-refractivity contribution in [3.05, 3.63) is 65.7 Å². The highest BCUT2D eigenvalue weighted by Gasteiger charge is 2.25. The summed E-state index contributed by atoms with van der Waals surface area (Å²) >= 11 is 0. The number of nitrogens with one attached hydrogen (secondary N) is 2. The second kappa shape index (κ2) is 11.0. The first-order chi connectivity index (χ1) is 15.7. The smallest absolute Gasteiger partial charge is 0.408 e. The lowest BCUT2D eigenvalue weighted by Crippen LogP contribution is -2.49. The minimum Gasteiger partial charge on any atom is -0.444 e. The van der Waals surface area contributed by atoms with E-state index in [2.05, 4.69) is 10.6 Å². The number of alkyl carbamates (subject to hydrolysis) is 1. The Bertz CT molecular complexity index is 969. The molecule has 2 N–H and O–H groups in total. The number of hydrogen-bond acceptors (Lipinski definition) is 4. The quantitative estimate of drug-likeness (QED) is 0.667. The summed E-state index contributed by atoms with van der Waals surface area (Å²) in [6.45, 7) is 6.33. The van der Waals surface area contributed by atoms with Gasteiger partial charge in [-0.2, -0.15) is 0 Å². The molecule has 1 heterocycles. The molecule has 0 aromatic heterocycles. The SMILES string of the molecule is CC(C)(C)OC(=O)NC(Cc1ccccc1)C(=O)NCc1cccc(N2CCCCC2=O)c1. The van der Waals surface area contributed by atoms with Gasteiger partial charge in [0.25, 0.3) is 0 Å². The van der Waals surface area contributed by atoms with Gasteiger partial charge in [0, 0.05) is 31.6 Å². The van der Waals surface area contributed by atoms with Gasteiger partial charge in [0.2, 0.25) is 11.8 Å². The van der Waals surface area contributed by atoms with Crippen molar-refractivity contribution in [3.8, 4) is 0 Å². The third kappa shape index (κ3) is 7.63. The van der Waals surface area contributed by atoms with Crippen LogP contribution in [0.4, 0.5) is 10.5 Å². The van der Waals surface area contributed by atoms with Crippen molar-refractivity contribution in [3.63, 3.8) is 0 Å². The van der Waals surface area contributed by atoms with Crippen molar-refractivity contribution in [2.24, 2.45) is 0 Å². The van der Waals surface area contributed by atoms with Crippen molar-refractivity contribution in [1.82, 2.24) is 10.6 Å². The first-order valence-electron chi connectivity index (χ1n) is 11.4. The number of anilines is 1. The van der Waals surface area contributed by atoms with Crippen molar-refractivity contribution in [1.29, 1.82) is 0 Å². The predicted molar refractivity (Wildman–Crippen MR) is 128 cm³/mol. The maximum atomic E-state index is 13.0. The molecular weight excluding hydrogens is 418 g/mol. The standard InChI is InChI=1S/C26H33N3O4/c1-26(2,3)33-25(32)28-22(17-19-10-5-4-6-11-19)24(31)27-18-20-12-9-13-21(16-20)29-15-8-7-14-23(29)30/h4-6,9-13,16,22H,7-8,14-15,17-18H2,1-3H3,(H,27,31)(H,28,32). The minimum absolute atomic E-state index is 0.131. The molecule has 0 aliphatic carbocycles. The van der Waals surface area contributed by atoms with Crippen LogP contribution < -0.4 is 15.5 Å². The van der Waals surface area contributed by atoms with Gasteiger partial charge in [0.1, 0.15) is 11.6 Å². The topological polar surface area (TPSA) is 87.7 Å². The van der Waals surface area contributed by atoms with Crippen LogP contribution in [0.25, 0.3) is 0 Å². The van der Waals surface area contributed by atoms with Crippen LogP contribution in [0.2, 0.25) is 0 Å². The third-order valence-electron chi connectivity index (χ3n) is 5.30. The summed E-state index contributed by atoms with van der Waals surface area (Å²) in [5.74, 6) is -0.170. The maximum absolute atomic E-state index is 13.0. The average Bonchev–Trinajstić information content (AvgIpc) is 2.77. The molecule has 3 rings (SSSR count). The highest BCUT2D eigenvalue weighted by atomic mass is 16.6. The summed E-state index contributed by atoms with van der Waals surface area (Å²) in [5.41, 5.74) is 2.00. The molecule has 2 aromatic rings. The van der Waals surface area contributed by atoms with Crippen LogP contribution >= 0.6 is 0 Å². The fourth-order valence-electron chi connectivity index (χ4n) is 3.73. The molecule has 1 atom stereocenters. The van der Waals surface area contributed by atoms with Gasteiger partial charge in [-0.3, -0.25) is 9.59 Å². The van der Waals surface area contributed by atoms with E-state index < -0.39 is 17.7 Å². The second-order valence-corrected chi connectivity index (χ2v) is 9.28. The molecule has 2 aromatic carbocycles. The molecule has 7 nitrogen and oxygen atoms in total. The van der Waals surface area contributed by atoms with Gasteiger partial charge in [0.15, 0.2) is 0 Å². The van der Waals surface area contributed by atoms with Gasteiger partial charge in [-0.15, -0.1) is 0 Å². The summed E-state index contributed by atoms with van der Waals surface area (Å²) < 4.78 is 5.34. The van der Waals surface area contributed by atoms with Crippen molar-refractivity contribution >= 4 is 23.6 Å². The Hall–Kier alpha value is -3.35. The molecule has 0 spiro atoms. The minimum atomic E-state index is -0.783. The number of rotatable bonds is 7. The highest BCUT2D eigenvalue weighted by molar-refractivity contribution is 5.94. The van der Waals surface area contributed by atoms with Crippen molar-refractivity contribution in [2.45, 2.75) is 64.6 Å². The number of carbonyl (C=O) groups excluding carboxylic acids is 3. The summed E-state index contributed by atoms with van der Waals surface area (Å²) in [5, 5.41) is 5.62. The van der Waals surface area contributed by atoms with E-state index in [1.807, 2.05) is 54.6 Å². The van der Waals surface area contributed by atoms with Crippen molar-refractivity contribution in [2.75, 3.05) is 11.4 Å². The van der Waals surface area contributed by atoms with Gasteiger partial charge < -0.3 is 20.3 Å². The first-order valence-corrected chi connectivity index (χ1v) is 11.4. The van der Waals surface area contributed by atoms with E-state index in [1.165, 1.54) is 0 Å². The van der Waals surface area contributed by atoms with Gasteiger partial charge in [0.05, 0.1) is 0 Å². The number of nitrogens with zero attached hydrogens (tertiary/aromatic N) is 1. The lowest BCUT2D eigenvalue weighted by molar-refractivity contribution is -0.123. The lowest BCUT2D eigenvalue weighted by atomic mass is 10.0. The molecule has 1 aliphatic rings. The fourth-order valence-corrected chi connectivity index (χ4v) is 3.73. The predicted octanol–water partition coefficient (Wildman–Crippen LogP) is 3.96. The Labute approximate surface area is 195 Å². The fraction of sp³-hybridized carbons (Fsp3) is 0.423. The van der Waals surface area contributed by atoms with E-state index in [9.17, 15) is 14.4 Å². The van der Waals surface area contributed by atoms with Crippen LogP contribution in [0.5, 0.6) is 0 Å². The molecule has 1 unspecified atom stereocenters. The molecule has 176 valence electrons. The second-order valence-electron chi connectivity index (χ2n) is 9.28. The van der Waals surface area contributed by atoms with Crippen LogP contribution in [-0.2, 0) is 27.3 Å². The Morgan fingerprint density at radius 3 is 2.45 bits per heavy atom. The number of hydrogen-bond donors (Lipinski definition) is 2. The Balaban J connectivity index is 1.66. The molecule has 0 bridgehead atoms. The zero-order valence-electron chi connectivity index (χ0n) is 19.6. The molecule has 7 heteroatoms. The molecule has 0 saturated carbocycles. The lowest BCUT2D eigenvalue weighted by Gasteiger charge is -2.27. The van der Waals surface area contributed by atoms with Crippen LogP contribution in [0.1, 0.15) is 51.2 Å². The normalized spacial score (nSPS) is 15.0. The van der Waals surface area contributed by atoms with Crippen LogP contribution in [0.15, 0.2) is 54.6 Å². The molecule has 1 aliphatic heterocycles. The number of ether oxygens (including phenoxy) is 1. The summed E-state index contributed by atoms with van der Waals surface area (Å²) in [6.07, 6.45) is 2.19. The summed E-state index contributed by atoms with van der Waals surface area (Å²) in [7, 11) is 0. The molecular formula is C26H33N3O4. The number of amides is 3. The van der Waals surface area contributed by atoms with E-state index in [0.717, 1.165) is 29.7 Å². The summed E-state index contributed by atoms with van der Waals surface area (Å²) in [6, 6.07) is 16.4. The monoisotopic (exact) mass is 451 g/mol. The van der Waals surface area contributed by atoms with E-state index in [4.69, 9.17) is 4.74 Å². The van der Waals surface area contributed by atoms with E-state index in [1.54, 1.807) is 25.7 Å². The van der Waals surface area contributed by atoms with Crippen molar-refractivity contribution < 1.29 is 19.1 Å². The first kappa shape index (κ1) is 24.3. The Morgan fingerprint density at radius 2 is 1.76 bits per heavy atom. The summed E-state index contributed by atoms with van der Waals surface area (Å²) in [4.78, 5) is 39.4. The highest BCUT2D eigenvalue weighted by Crippen LogP contribution is 2.22. The van der Waals surface area contributed by atoms with Crippen LogP contribution in [0.3, 0.4) is 0 Å². The Kier molecular flexibility index (Phi) is 8.09. The van der Waals surface area contributed by atoms with Gasteiger partial charge in [-0.05, 0) is 56.9 Å². The maximum Gasteiger partial charge on any atom is 0.408 e. The van der Waals surface area contributed by atoms with Crippen LogP contribution in [0, 0.1) is 0 Å². The Morgan fingerprint density at radius 1 is 1.03 bits per heavy atom. The molecule has 33 heavy (non-hydrogen) atoms. The number of piperidine rings is 1. The van der Waals surface area contributed by atoms with E-state index >= 15 is 0 Å². The zero-order valence-corrected chi connectivity index (χ0v) is 19.6. The number of carbonyl (C=O) groups is 3. The van der Waals surface area contributed by atoms with Gasteiger partial charge >= 0.3 is 6.09 Å². The number of benzene rings is 2. The molecule has 1 fully saturated rings. The molecule has 1 saturated heterocycles. The molecule has 3 amide bonds. The largest absolute Gasteiger partial charge is 0.444 e. The van der Waals surface area contributed by atoms with E-state index in [0.29, 0.717) is 19.4 Å². The van der Waals surface area contributed by atoms with Crippen LogP contribution in [-0.4, -0.2) is 36.1 Å². The average molecular weight is 452 g/mol. The third-order valence-corrected chi connectivity index (χ3v) is 5.30.